The monoisotopic (exact) mass is 312 g/mol. The third-order valence-electron chi connectivity index (χ3n) is 4.21. The van der Waals surface area contributed by atoms with E-state index in [0.29, 0.717) is 18.2 Å². The van der Waals surface area contributed by atoms with Crippen molar-refractivity contribution >= 4 is 22.5 Å². The standard InChI is InChI=1S/C18H24N4O/c1-13(2)12-19-18(23)16-14-8-4-5-9-15(14)17(21-20-16)22-10-6-3-7-11-22/h4-5,8-9,13H,3,6-7,10-12H2,1-2H3,(H,19,23). The number of anilines is 1. The minimum absolute atomic E-state index is 0.146. The fraction of sp³-hybridized carbons (Fsp3) is 0.500. The molecule has 23 heavy (non-hydrogen) atoms. The lowest BCUT2D eigenvalue weighted by molar-refractivity contribution is 0.0945. The molecule has 0 radical (unpaired) electrons. The van der Waals surface area contributed by atoms with Crippen molar-refractivity contribution in [1.82, 2.24) is 15.5 Å². The zero-order valence-electron chi connectivity index (χ0n) is 13.9. The first kappa shape index (κ1) is 15.7. The van der Waals surface area contributed by atoms with Gasteiger partial charge in [-0.1, -0.05) is 38.1 Å². The number of carbonyl (C=O) groups excluding carboxylic acids is 1. The second-order valence-electron chi connectivity index (χ2n) is 6.57. The van der Waals surface area contributed by atoms with Gasteiger partial charge in [-0.05, 0) is 25.2 Å². The summed E-state index contributed by atoms with van der Waals surface area (Å²) >= 11 is 0. The number of aromatic nitrogens is 2. The van der Waals surface area contributed by atoms with Gasteiger partial charge in [0.05, 0.1) is 0 Å². The van der Waals surface area contributed by atoms with E-state index in [2.05, 4.69) is 34.3 Å². The molecule has 3 rings (SSSR count). The first-order valence-corrected chi connectivity index (χ1v) is 8.45. The summed E-state index contributed by atoms with van der Waals surface area (Å²) in [7, 11) is 0. The van der Waals surface area contributed by atoms with Crippen molar-refractivity contribution in [2.75, 3.05) is 24.5 Å². The van der Waals surface area contributed by atoms with E-state index in [4.69, 9.17) is 0 Å². The Kier molecular flexibility index (Phi) is 4.74. The Hall–Kier alpha value is -2.17. The molecule has 1 aliphatic heterocycles. The van der Waals surface area contributed by atoms with E-state index in [1.807, 2.05) is 24.3 Å². The molecule has 0 aliphatic carbocycles. The molecule has 1 aromatic heterocycles. The molecule has 122 valence electrons. The summed E-state index contributed by atoms with van der Waals surface area (Å²) in [6, 6.07) is 7.94. The summed E-state index contributed by atoms with van der Waals surface area (Å²) in [6.07, 6.45) is 3.65. The van der Waals surface area contributed by atoms with Crippen LogP contribution in [-0.2, 0) is 0 Å². The van der Waals surface area contributed by atoms with E-state index in [-0.39, 0.29) is 5.91 Å². The van der Waals surface area contributed by atoms with E-state index < -0.39 is 0 Å². The van der Waals surface area contributed by atoms with Crippen LogP contribution in [0, 0.1) is 5.92 Å². The SMILES string of the molecule is CC(C)CNC(=O)c1nnc(N2CCCCC2)c2ccccc12. The molecule has 5 heteroatoms. The lowest BCUT2D eigenvalue weighted by atomic mass is 10.1. The highest BCUT2D eigenvalue weighted by Crippen LogP contribution is 2.27. The van der Waals surface area contributed by atoms with E-state index in [0.717, 1.165) is 29.7 Å². The first-order valence-electron chi connectivity index (χ1n) is 8.45. The molecular weight excluding hydrogens is 288 g/mol. The Bertz CT molecular complexity index is 692. The van der Waals surface area contributed by atoms with Gasteiger partial charge in [0.1, 0.15) is 0 Å². The van der Waals surface area contributed by atoms with Crippen LogP contribution in [0.1, 0.15) is 43.6 Å². The lowest BCUT2D eigenvalue weighted by Gasteiger charge is -2.28. The number of nitrogens with one attached hydrogen (secondary N) is 1. The zero-order chi connectivity index (χ0) is 16.2. The van der Waals surface area contributed by atoms with Crippen LogP contribution in [0.15, 0.2) is 24.3 Å². The van der Waals surface area contributed by atoms with Gasteiger partial charge in [0, 0.05) is 30.4 Å². The number of benzene rings is 1. The number of hydrogen-bond donors (Lipinski definition) is 1. The maximum atomic E-state index is 12.4. The fourth-order valence-electron chi connectivity index (χ4n) is 2.98. The Balaban J connectivity index is 1.97. The summed E-state index contributed by atoms with van der Waals surface area (Å²) in [4.78, 5) is 14.7. The fourth-order valence-corrected chi connectivity index (χ4v) is 2.98. The molecule has 2 aromatic rings. The second-order valence-corrected chi connectivity index (χ2v) is 6.57. The van der Waals surface area contributed by atoms with Crippen molar-refractivity contribution in [2.45, 2.75) is 33.1 Å². The molecule has 1 aliphatic rings. The van der Waals surface area contributed by atoms with Crippen molar-refractivity contribution in [1.29, 1.82) is 0 Å². The van der Waals surface area contributed by atoms with Gasteiger partial charge in [0.15, 0.2) is 11.5 Å². The summed E-state index contributed by atoms with van der Waals surface area (Å²) in [5.74, 6) is 1.17. The Morgan fingerprint density at radius 2 is 1.83 bits per heavy atom. The molecule has 1 aromatic carbocycles. The van der Waals surface area contributed by atoms with Gasteiger partial charge in [-0.3, -0.25) is 4.79 Å². The Labute approximate surface area is 137 Å². The molecular formula is C18H24N4O. The highest BCUT2D eigenvalue weighted by Gasteiger charge is 2.20. The average molecular weight is 312 g/mol. The predicted molar refractivity (Wildman–Crippen MR) is 92.8 cm³/mol. The smallest absolute Gasteiger partial charge is 0.272 e. The zero-order valence-corrected chi connectivity index (χ0v) is 13.9. The number of carbonyl (C=O) groups is 1. The van der Waals surface area contributed by atoms with E-state index in [9.17, 15) is 4.79 Å². The average Bonchev–Trinajstić information content (AvgIpc) is 2.59. The van der Waals surface area contributed by atoms with Crippen LogP contribution in [0.25, 0.3) is 10.8 Å². The molecule has 1 saturated heterocycles. The van der Waals surface area contributed by atoms with Gasteiger partial charge < -0.3 is 10.2 Å². The van der Waals surface area contributed by atoms with Crippen molar-refractivity contribution in [3.63, 3.8) is 0 Å². The highest BCUT2D eigenvalue weighted by molar-refractivity contribution is 6.07. The second kappa shape index (κ2) is 6.94. The number of hydrogen-bond acceptors (Lipinski definition) is 4. The molecule has 1 N–H and O–H groups in total. The first-order chi connectivity index (χ1) is 11.2. The number of nitrogens with zero attached hydrogens (tertiary/aromatic N) is 3. The predicted octanol–water partition coefficient (Wildman–Crippen LogP) is 3.01. The van der Waals surface area contributed by atoms with Crippen LogP contribution in [0.5, 0.6) is 0 Å². The van der Waals surface area contributed by atoms with Gasteiger partial charge in [0.25, 0.3) is 5.91 Å². The normalized spacial score (nSPS) is 15.2. The summed E-state index contributed by atoms with van der Waals surface area (Å²) < 4.78 is 0. The summed E-state index contributed by atoms with van der Waals surface area (Å²) in [6.45, 7) is 6.81. The van der Waals surface area contributed by atoms with Crippen LogP contribution >= 0.6 is 0 Å². The number of amides is 1. The van der Waals surface area contributed by atoms with E-state index >= 15 is 0 Å². The molecule has 1 fully saturated rings. The number of rotatable bonds is 4. The van der Waals surface area contributed by atoms with Crippen LogP contribution < -0.4 is 10.2 Å². The Morgan fingerprint density at radius 1 is 1.13 bits per heavy atom. The topological polar surface area (TPSA) is 58.1 Å². The molecule has 1 amide bonds. The van der Waals surface area contributed by atoms with Crippen molar-refractivity contribution in [3.8, 4) is 0 Å². The molecule has 0 unspecified atom stereocenters. The lowest BCUT2D eigenvalue weighted by Crippen LogP contribution is -2.32. The van der Waals surface area contributed by atoms with E-state index in [1.54, 1.807) is 0 Å². The molecule has 0 atom stereocenters. The van der Waals surface area contributed by atoms with Crippen LogP contribution in [0.2, 0.25) is 0 Å². The third-order valence-corrected chi connectivity index (χ3v) is 4.21. The largest absolute Gasteiger partial charge is 0.355 e. The number of piperidine rings is 1. The molecule has 5 nitrogen and oxygen atoms in total. The van der Waals surface area contributed by atoms with Crippen molar-refractivity contribution in [2.24, 2.45) is 5.92 Å². The van der Waals surface area contributed by atoms with Gasteiger partial charge in [0.2, 0.25) is 0 Å². The summed E-state index contributed by atoms with van der Waals surface area (Å²) in [5, 5.41) is 13.5. The minimum atomic E-state index is -0.146. The molecule has 2 heterocycles. The van der Waals surface area contributed by atoms with Gasteiger partial charge in [-0.15, -0.1) is 10.2 Å². The van der Waals surface area contributed by atoms with E-state index in [1.165, 1.54) is 19.3 Å². The highest BCUT2D eigenvalue weighted by atomic mass is 16.1. The van der Waals surface area contributed by atoms with Gasteiger partial charge in [-0.2, -0.15) is 0 Å². The van der Waals surface area contributed by atoms with Crippen LogP contribution in [0.4, 0.5) is 5.82 Å². The minimum Gasteiger partial charge on any atom is -0.355 e. The number of fused-ring (bicyclic) bond motifs is 1. The molecule has 0 bridgehead atoms. The maximum absolute atomic E-state index is 12.4. The van der Waals surface area contributed by atoms with Crippen molar-refractivity contribution < 1.29 is 4.79 Å². The van der Waals surface area contributed by atoms with Gasteiger partial charge >= 0.3 is 0 Å². The van der Waals surface area contributed by atoms with Crippen molar-refractivity contribution in [3.05, 3.63) is 30.0 Å². The van der Waals surface area contributed by atoms with Crippen LogP contribution in [-0.4, -0.2) is 35.7 Å². The molecule has 0 saturated carbocycles. The summed E-state index contributed by atoms with van der Waals surface area (Å²) in [5.41, 5.74) is 0.419. The van der Waals surface area contributed by atoms with Gasteiger partial charge in [-0.25, -0.2) is 0 Å². The Morgan fingerprint density at radius 3 is 2.52 bits per heavy atom. The third kappa shape index (κ3) is 3.44. The van der Waals surface area contributed by atoms with Crippen LogP contribution in [0.3, 0.4) is 0 Å². The maximum Gasteiger partial charge on any atom is 0.272 e. The quantitative estimate of drug-likeness (QED) is 0.943. The molecule has 0 spiro atoms.